The molecule has 2 fully saturated rings. The molecular formula is C24H40FN5O. The Bertz CT molecular complexity index is 714. The van der Waals surface area contributed by atoms with E-state index in [1.807, 2.05) is 7.05 Å². The summed E-state index contributed by atoms with van der Waals surface area (Å²) < 4.78 is 14.8. The molecule has 1 aromatic carbocycles. The van der Waals surface area contributed by atoms with Gasteiger partial charge < -0.3 is 20.4 Å². The van der Waals surface area contributed by atoms with E-state index in [2.05, 4.69) is 46.2 Å². The average Bonchev–Trinajstić information content (AvgIpc) is 2.75. The van der Waals surface area contributed by atoms with Crippen molar-refractivity contribution in [3.8, 4) is 0 Å². The highest BCUT2D eigenvalue weighted by atomic mass is 19.1. The molecule has 1 aliphatic carbocycles. The number of halogens is 1. The van der Waals surface area contributed by atoms with Crippen LogP contribution >= 0.6 is 0 Å². The largest absolute Gasteiger partial charge is 0.369 e. The third-order valence-corrected chi connectivity index (χ3v) is 6.96. The number of urea groups is 1. The number of amides is 2. The number of piperazine rings is 1. The average molecular weight is 434 g/mol. The summed E-state index contributed by atoms with van der Waals surface area (Å²) in [5.74, 6) is 0.152. The predicted molar refractivity (Wildman–Crippen MR) is 126 cm³/mol. The van der Waals surface area contributed by atoms with E-state index in [1.165, 1.54) is 25.3 Å². The predicted octanol–water partition coefficient (Wildman–Crippen LogP) is 3.99. The summed E-state index contributed by atoms with van der Waals surface area (Å²) >= 11 is 0. The van der Waals surface area contributed by atoms with Gasteiger partial charge in [-0.2, -0.15) is 0 Å². The first-order chi connectivity index (χ1) is 14.8. The third-order valence-electron chi connectivity index (χ3n) is 6.96. The molecule has 1 aliphatic heterocycles. The third kappa shape index (κ3) is 6.56. The van der Waals surface area contributed by atoms with Crippen LogP contribution in [0.25, 0.3) is 0 Å². The molecule has 2 N–H and O–H groups in total. The fourth-order valence-electron chi connectivity index (χ4n) is 4.85. The van der Waals surface area contributed by atoms with Crippen molar-refractivity contribution in [3.63, 3.8) is 0 Å². The molecule has 1 aromatic rings. The van der Waals surface area contributed by atoms with E-state index in [0.29, 0.717) is 35.9 Å². The Hall–Kier alpha value is -1.86. The van der Waals surface area contributed by atoms with E-state index in [-0.39, 0.29) is 11.8 Å². The molecule has 2 aliphatic rings. The lowest BCUT2D eigenvalue weighted by Crippen LogP contribution is -2.54. The van der Waals surface area contributed by atoms with Gasteiger partial charge in [0.1, 0.15) is 5.82 Å². The highest BCUT2D eigenvalue weighted by Gasteiger charge is 2.25. The lowest BCUT2D eigenvalue weighted by Gasteiger charge is -2.39. The zero-order valence-electron chi connectivity index (χ0n) is 19.7. The Balaban J connectivity index is 1.53. The van der Waals surface area contributed by atoms with Crippen LogP contribution in [0.4, 0.5) is 20.6 Å². The molecule has 1 heterocycles. The van der Waals surface area contributed by atoms with E-state index in [4.69, 9.17) is 0 Å². The minimum atomic E-state index is -0.289. The molecular weight excluding hydrogens is 393 g/mol. The number of benzene rings is 1. The quantitative estimate of drug-likeness (QED) is 0.683. The van der Waals surface area contributed by atoms with Gasteiger partial charge in [-0.1, -0.05) is 33.1 Å². The van der Waals surface area contributed by atoms with Crippen LogP contribution in [0.2, 0.25) is 0 Å². The molecule has 174 valence electrons. The van der Waals surface area contributed by atoms with Crippen LogP contribution in [0.3, 0.4) is 0 Å². The Morgan fingerprint density at radius 2 is 1.84 bits per heavy atom. The maximum Gasteiger partial charge on any atom is 0.319 e. The van der Waals surface area contributed by atoms with E-state index >= 15 is 0 Å². The van der Waals surface area contributed by atoms with Gasteiger partial charge in [0.05, 0.1) is 5.69 Å². The first-order valence-corrected chi connectivity index (χ1v) is 11.8. The van der Waals surface area contributed by atoms with E-state index in [9.17, 15) is 9.18 Å². The van der Waals surface area contributed by atoms with Gasteiger partial charge in [0.15, 0.2) is 0 Å². The molecule has 1 unspecified atom stereocenters. The molecule has 1 saturated heterocycles. The van der Waals surface area contributed by atoms with Crippen LogP contribution in [0.5, 0.6) is 0 Å². The van der Waals surface area contributed by atoms with Crippen LogP contribution < -0.4 is 15.5 Å². The molecule has 2 amide bonds. The second-order valence-corrected chi connectivity index (χ2v) is 9.55. The van der Waals surface area contributed by atoms with E-state index in [0.717, 1.165) is 39.0 Å². The first-order valence-electron chi connectivity index (χ1n) is 11.8. The Labute approximate surface area is 187 Å². The van der Waals surface area contributed by atoms with Crippen LogP contribution in [-0.4, -0.2) is 74.7 Å². The Morgan fingerprint density at radius 3 is 2.45 bits per heavy atom. The molecule has 6 nitrogen and oxygen atoms in total. The molecule has 7 heteroatoms. The van der Waals surface area contributed by atoms with E-state index < -0.39 is 0 Å². The van der Waals surface area contributed by atoms with Crippen LogP contribution in [0.1, 0.15) is 46.0 Å². The molecule has 31 heavy (non-hydrogen) atoms. The van der Waals surface area contributed by atoms with Crippen molar-refractivity contribution >= 4 is 17.4 Å². The van der Waals surface area contributed by atoms with Crippen molar-refractivity contribution in [2.75, 3.05) is 57.0 Å². The van der Waals surface area contributed by atoms with Gasteiger partial charge in [-0.05, 0) is 44.0 Å². The van der Waals surface area contributed by atoms with Crippen LogP contribution in [-0.2, 0) is 0 Å². The molecule has 3 rings (SSSR count). The van der Waals surface area contributed by atoms with Crippen molar-refractivity contribution in [3.05, 3.63) is 24.0 Å². The van der Waals surface area contributed by atoms with Crippen molar-refractivity contribution in [1.82, 2.24) is 15.1 Å². The number of rotatable bonds is 7. The topological polar surface area (TPSA) is 50.9 Å². The smallest absolute Gasteiger partial charge is 0.319 e. The van der Waals surface area contributed by atoms with Gasteiger partial charge in [0.25, 0.3) is 0 Å². The summed E-state index contributed by atoms with van der Waals surface area (Å²) in [5, 5.41) is 5.79. The van der Waals surface area contributed by atoms with Crippen molar-refractivity contribution < 1.29 is 9.18 Å². The SMILES string of the molecule is CC(C)C(CNC(=O)Nc1ccc(N(C)C2CCCCC2)c(F)c1)N1CCN(C)CC1. The van der Waals surface area contributed by atoms with Gasteiger partial charge in [-0.15, -0.1) is 0 Å². The molecule has 0 spiro atoms. The summed E-state index contributed by atoms with van der Waals surface area (Å²) in [6.07, 6.45) is 5.92. The number of hydrogen-bond acceptors (Lipinski definition) is 4. The van der Waals surface area contributed by atoms with Crippen LogP contribution in [0, 0.1) is 11.7 Å². The Kier molecular flexibility index (Phi) is 8.55. The zero-order chi connectivity index (χ0) is 22.4. The maximum absolute atomic E-state index is 14.8. The van der Waals surface area contributed by atoms with Gasteiger partial charge in [-0.25, -0.2) is 9.18 Å². The summed E-state index contributed by atoms with van der Waals surface area (Å²) in [7, 11) is 4.11. The lowest BCUT2D eigenvalue weighted by atomic mass is 9.94. The number of nitrogens with one attached hydrogen (secondary N) is 2. The molecule has 0 aromatic heterocycles. The highest BCUT2D eigenvalue weighted by molar-refractivity contribution is 5.89. The monoisotopic (exact) mass is 433 g/mol. The highest BCUT2D eigenvalue weighted by Crippen LogP contribution is 2.29. The number of carbonyl (C=O) groups is 1. The standard InChI is InChI=1S/C24H40FN5O/c1-18(2)23(30-14-12-28(3)13-15-30)17-26-24(31)27-19-10-11-22(21(25)16-19)29(4)20-8-6-5-7-9-20/h10-11,16,18,20,23H,5-9,12-15,17H2,1-4H3,(H2,26,27,31). The van der Waals surface area contributed by atoms with Crippen LogP contribution in [0.15, 0.2) is 18.2 Å². The van der Waals surface area contributed by atoms with Gasteiger partial charge in [0.2, 0.25) is 0 Å². The van der Waals surface area contributed by atoms with Crippen molar-refractivity contribution in [2.24, 2.45) is 5.92 Å². The van der Waals surface area contributed by atoms with E-state index in [1.54, 1.807) is 12.1 Å². The summed E-state index contributed by atoms with van der Waals surface area (Å²) in [6.45, 7) is 9.11. The van der Waals surface area contributed by atoms with Crippen molar-refractivity contribution in [2.45, 2.75) is 58.0 Å². The fraction of sp³-hybridized carbons (Fsp3) is 0.708. The maximum atomic E-state index is 14.8. The minimum absolute atomic E-state index is 0.285. The summed E-state index contributed by atoms with van der Waals surface area (Å²) in [4.78, 5) is 19.3. The number of hydrogen-bond donors (Lipinski definition) is 2. The second kappa shape index (κ2) is 11.1. The number of anilines is 2. The number of likely N-dealkylation sites (N-methyl/N-ethyl adjacent to an activating group) is 1. The minimum Gasteiger partial charge on any atom is -0.369 e. The molecule has 1 saturated carbocycles. The van der Waals surface area contributed by atoms with Gasteiger partial charge in [0, 0.05) is 57.5 Å². The van der Waals surface area contributed by atoms with Crippen molar-refractivity contribution in [1.29, 1.82) is 0 Å². The number of nitrogens with zero attached hydrogens (tertiary/aromatic N) is 3. The Morgan fingerprint density at radius 1 is 1.16 bits per heavy atom. The van der Waals surface area contributed by atoms with Gasteiger partial charge in [-0.3, -0.25) is 4.90 Å². The first kappa shape index (κ1) is 23.8. The molecule has 0 bridgehead atoms. The molecule has 1 atom stereocenters. The second-order valence-electron chi connectivity index (χ2n) is 9.55. The normalized spacial score (nSPS) is 19.9. The number of carbonyl (C=O) groups excluding carboxylic acids is 1. The zero-order valence-corrected chi connectivity index (χ0v) is 19.7. The lowest BCUT2D eigenvalue weighted by molar-refractivity contribution is 0.0890. The molecule has 0 radical (unpaired) electrons. The fourth-order valence-corrected chi connectivity index (χ4v) is 4.85. The summed E-state index contributed by atoms with van der Waals surface area (Å²) in [6, 6.07) is 5.40. The summed E-state index contributed by atoms with van der Waals surface area (Å²) in [5.41, 5.74) is 1.09. The van der Waals surface area contributed by atoms with Gasteiger partial charge >= 0.3 is 6.03 Å².